The predicted octanol–water partition coefficient (Wildman–Crippen LogP) is 4.61. The van der Waals surface area contributed by atoms with E-state index in [1.165, 1.54) is 11.1 Å². The van der Waals surface area contributed by atoms with Crippen LogP contribution in [-0.4, -0.2) is 35.7 Å². The van der Waals surface area contributed by atoms with Crippen LogP contribution in [0.3, 0.4) is 0 Å². The Labute approximate surface area is 177 Å². The van der Waals surface area contributed by atoms with Crippen LogP contribution in [0.2, 0.25) is 0 Å². The highest BCUT2D eigenvalue weighted by atomic mass is 32.2. The Hall–Kier alpha value is -2.11. The van der Waals surface area contributed by atoms with Crippen molar-refractivity contribution in [2.75, 3.05) is 19.4 Å². The van der Waals surface area contributed by atoms with Crippen molar-refractivity contribution in [1.29, 1.82) is 0 Å². The lowest BCUT2D eigenvalue weighted by atomic mass is 9.88. The van der Waals surface area contributed by atoms with E-state index >= 15 is 0 Å². The van der Waals surface area contributed by atoms with Gasteiger partial charge in [-0.1, -0.05) is 72.8 Å². The summed E-state index contributed by atoms with van der Waals surface area (Å²) in [6.45, 7) is 0.576. The van der Waals surface area contributed by atoms with Crippen LogP contribution in [0.1, 0.15) is 35.1 Å². The molecule has 4 heteroatoms. The van der Waals surface area contributed by atoms with Gasteiger partial charge in [-0.15, -0.1) is 11.8 Å². The van der Waals surface area contributed by atoms with Crippen molar-refractivity contribution in [2.24, 2.45) is 0 Å². The molecule has 0 fully saturated rings. The van der Waals surface area contributed by atoms with Crippen molar-refractivity contribution in [1.82, 2.24) is 5.32 Å². The minimum atomic E-state index is -0.747. The summed E-state index contributed by atoms with van der Waals surface area (Å²) < 4.78 is 0. The zero-order valence-electron chi connectivity index (χ0n) is 16.7. The summed E-state index contributed by atoms with van der Waals surface area (Å²) in [4.78, 5) is 1.16. The molecule has 0 amide bonds. The van der Waals surface area contributed by atoms with E-state index in [2.05, 4.69) is 53.8 Å². The van der Waals surface area contributed by atoms with E-state index in [-0.39, 0.29) is 12.5 Å². The molecule has 3 aromatic carbocycles. The summed E-state index contributed by atoms with van der Waals surface area (Å²) in [5, 5.41) is 23.9. The maximum atomic E-state index is 10.7. The molecule has 0 aliphatic heterocycles. The highest BCUT2D eigenvalue weighted by molar-refractivity contribution is 7.98. The number of rotatable bonds is 10. The molecule has 0 unspecified atom stereocenters. The number of benzene rings is 3. The maximum absolute atomic E-state index is 10.7. The minimum absolute atomic E-state index is 0.118. The fourth-order valence-corrected chi connectivity index (χ4v) is 4.03. The second kappa shape index (κ2) is 11.2. The fourth-order valence-electron chi connectivity index (χ4n) is 3.62. The van der Waals surface area contributed by atoms with Gasteiger partial charge < -0.3 is 15.5 Å². The van der Waals surface area contributed by atoms with E-state index in [1.807, 2.05) is 42.7 Å². The standard InChI is InChI=1S/C25H29NO2S/c1-29-22-14-12-21(13-15-22)25(28)24(18-27)26-17-16-23(19-8-4-2-5-9-19)20-10-6-3-7-11-20/h2-15,23-28H,16-18H2,1H3/t24-,25-/m0/s1. The number of thioether (sulfide) groups is 1. The Balaban J connectivity index is 1.65. The van der Waals surface area contributed by atoms with Crippen LogP contribution >= 0.6 is 11.8 Å². The van der Waals surface area contributed by atoms with Crippen molar-refractivity contribution in [3.63, 3.8) is 0 Å². The molecule has 0 aliphatic rings. The van der Waals surface area contributed by atoms with Crippen molar-refractivity contribution in [3.8, 4) is 0 Å². The van der Waals surface area contributed by atoms with Gasteiger partial charge in [-0.2, -0.15) is 0 Å². The number of nitrogens with one attached hydrogen (secondary N) is 1. The molecule has 0 aromatic heterocycles. The maximum Gasteiger partial charge on any atom is 0.0965 e. The molecular weight excluding hydrogens is 378 g/mol. The summed E-state index contributed by atoms with van der Waals surface area (Å²) >= 11 is 1.67. The molecule has 0 saturated carbocycles. The molecule has 3 N–H and O–H groups in total. The van der Waals surface area contributed by atoms with Gasteiger partial charge in [0.2, 0.25) is 0 Å². The van der Waals surface area contributed by atoms with Gasteiger partial charge >= 0.3 is 0 Å². The van der Waals surface area contributed by atoms with Crippen molar-refractivity contribution in [2.45, 2.75) is 29.4 Å². The average Bonchev–Trinajstić information content (AvgIpc) is 2.80. The molecule has 0 heterocycles. The average molecular weight is 408 g/mol. The van der Waals surface area contributed by atoms with Crippen molar-refractivity contribution < 1.29 is 10.2 Å². The van der Waals surface area contributed by atoms with Gasteiger partial charge in [-0.25, -0.2) is 0 Å². The quantitative estimate of drug-likeness (QED) is 0.430. The summed E-state index contributed by atoms with van der Waals surface area (Å²) in [6, 6.07) is 28.4. The van der Waals surface area contributed by atoms with E-state index in [0.717, 1.165) is 16.9 Å². The van der Waals surface area contributed by atoms with Crippen molar-refractivity contribution in [3.05, 3.63) is 102 Å². The monoisotopic (exact) mass is 407 g/mol. The summed E-state index contributed by atoms with van der Waals surface area (Å²) in [5.74, 6) is 0.266. The van der Waals surface area contributed by atoms with Crippen molar-refractivity contribution >= 4 is 11.8 Å². The van der Waals surface area contributed by atoms with Crippen LogP contribution in [0.25, 0.3) is 0 Å². The van der Waals surface area contributed by atoms with E-state index in [4.69, 9.17) is 0 Å². The number of aliphatic hydroxyl groups is 2. The molecular formula is C25H29NO2S. The molecule has 0 saturated heterocycles. The van der Waals surface area contributed by atoms with Gasteiger partial charge in [0.1, 0.15) is 0 Å². The molecule has 3 aromatic rings. The smallest absolute Gasteiger partial charge is 0.0965 e. The first-order valence-electron chi connectivity index (χ1n) is 9.99. The topological polar surface area (TPSA) is 52.5 Å². The Kier molecular flexibility index (Phi) is 8.32. The van der Waals surface area contributed by atoms with Crippen LogP contribution in [0, 0.1) is 0 Å². The largest absolute Gasteiger partial charge is 0.395 e. The Morgan fingerprint density at radius 2 is 1.34 bits per heavy atom. The SMILES string of the molecule is CSc1ccc([C@H](O)[C@H](CO)NCCC(c2ccccc2)c2ccccc2)cc1. The van der Waals surface area contributed by atoms with Gasteiger partial charge in [-0.3, -0.25) is 0 Å². The van der Waals surface area contributed by atoms with E-state index < -0.39 is 12.1 Å². The fraction of sp³-hybridized carbons (Fsp3) is 0.280. The predicted molar refractivity (Wildman–Crippen MR) is 121 cm³/mol. The highest BCUT2D eigenvalue weighted by Crippen LogP contribution is 2.28. The van der Waals surface area contributed by atoms with Crippen LogP contribution < -0.4 is 5.32 Å². The molecule has 152 valence electrons. The third kappa shape index (κ3) is 5.94. The number of hydrogen-bond acceptors (Lipinski definition) is 4. The van der Waals surface area contributed by atoms with E-state index in [0.29, 0.717) is 6.54 Å². The van der Waals surface area contributed by atoms with Gasteiger partial charge in [0, 0.05) is 10.8 Å². The second-order valence-corrected chi connectivity index (χ2v) is 8.00. The molecule has 2 atom stereocenters. The minimum Gasteiger partial charge on any atom is -0.395 e. The molecule has 0 bridgehead atoms. The zero-order chi connectivity index (χ0) is 20.5. The Morgan fingerprint density at radius 3 is 1.83 bits per heavy atom. The third-order valence-electron chi connectivity index (χ3n) is 5.28. The summed E-state index contributed by atoms with van der Waals surface area (Å²) in [7, 11) is 0. The normalized spacial score (nSPS) is 13.4. The van der Waals surface area contributed by atoms with Gasteiger partial charge in [0.25, 0.3) is 0 Å². The Morgan fingerprint density at radius 1 is 0.793 bits per heavy atom. The Bertz CT molecular complexity index is 800. The number of hydrogen-bond donors (Lipinski definition) is 3. The molecule has 0 aliphatic carbocycles. The van der Waals surface area contributed by atoms with Gasteiger partial charge in [0.15, 0.2) is 0 Å². The lowest BCUT2D eigenvalue weighted by Crippen LogP contribution is -2.39. The first-order chi connectivity index (χ1) is 14.2. The number of aliphatic hydroxyl groups excluding tert-OH is 2. The first-order valence-corrected chi connectivity index (χ1v) is 11.2. The summed E-state index contributed by atoms with van der Waals surface area (Å²) in [6.07, 6.45) is 2.16. The molecule has 3 nitrogen and oxygen atoms in total. The lowest BCUT2D eigenvalue weighted by Gasteiger charge is -2.25. The molecule has 3 rings (SSSR count). The van der Waals surface area contributed by atoms with Crippen LogP contribution in [-0.2, 0) is 0 Å². The van der Waals surface area contributed by atoms with Gasteiger partial charge in [0.05, 0.1) is 18.8 Å². The highest BCUT2D eigenvalue weighted by Gasteiger charge is 2.21. The second-order valence-electron chi connectivity index (χ2n) is 7.12. The van der Waals surface area contributed by atoms with Crippen LogP contribution in [0.15, 0.2) is 89.8 Å². The van der Waals surface area contributed by atoms with Crippen LogP contribution in [0.4, 0.5) is 0 Å². The van der Waals surface area contributed by atoms with Crippen LogP contribution in [0.5, 0.6) is 0 Å². The first kappa shape index (κ1) is 21.6. The molecule has 0 spiro atoms. The van der Waals surface area contributed by atoms with Gasteiger partial charge in [-0.05, 0) is 48.0 Å². The van der Waals surface area contributed by atoms with E-state index in [9.17, 15) is 10.2 Å². The molecule has 0 radical (unpaired) electrons. The third-order valence-corrected chi connectivity index (χ3v) is 6.02. The van der Waals surface area contributed by atoms with E-state index in [1.54, 1.807) is 11.8 Å². The lowest BCUT2D eigenvalue weighted by molar-refractivity contribution is 0.0898. The summed E-state index contributed by atoms with van der Waals surface area (Å²) in [5.41, 5.74) is 3.36. The molecule has 29 heavy (non-hydrogen) atoms. The zero-order valence-corrected chi connectivity index (χ0v) is 17.6.